The first-order valence-electron chi connectivity index (χ1n) is 10.6. The summed E-state index contributed by atoms with van der Waals surface area (Å²) < 4.78 is 5.32. The van der Waals surface area contributed by atoms with Crippen molar-refractivity contribution in [3.8, 4) is 0 Å². The Kier molecular flexibility index (Phi) is 12.2. The summed E-state index contributed by atoms with van der Waals surface area (Å²) in [6, 6.07) is 0. The Hall–Kier alpha value is -0.610. The highest BCUT2D eigenvalue weighted by Gasteiger charge is 2.49. The lowest BCUT2D eigenvalue weighted by Gasteiger charge is -2.09. The molecule has 0 saturated carbocycles. The number of epoxide rings is 1. The zero-order valence-electron chi connectivity index (χ0n) is 16.8. The van der Waals surface area contributed by atoms with E-state index in [-0.39, 0.29) is 12.0 Å². The molecule has 1 rings (SSSR count). The smallest absolute Gasteiger partial charge is 0.254 e. The van der Waals surface area contributed by atoms with Crippen molar-refractivity contribution >= 4 is 5.91 Å². The van der Waals surface area contributed by atoms with Crippen LogP contribution in [0.25, 0.3) is 0 Å². The summed E-state index contributed by atoms with van der Waals surface area (Å²) in [4.78, 5) is 13.2. The Morgan fingerprint density at radius 2 is 1.32 bits per heavy atom. The fourth-order valence-corrected chi connectivity index (χ4v) is 3.41. The molecule has 0 aliphatic carbocycles. The molecule has 1 amide bonds. The molecule has 0 radical (unpaired) electrons. The summed E-state index contributed by atoms with van der Waals surface area (Å²) >= 11 is 0. The molecule has 0 aromatic heterocycles. The van der Waals surface area contributed by atoms with Gasteiger partial charge in [0.25, 0.3) is 5.91 Å². The molecule has 0 aromatic rings. The number of rotatable bonds is 16. The second-order valence-corrected chi connectivity index (χ2v) is 7.85. The first-order chi connectivity index (χ1) is 12.1. The summed E-state index contributed by atoms with van der Waals surface area (Å²) in [6.07, 6.45) is 16.9. The van der Waals surface area contributed by atoms with E-state index in [1.54, 1.807) is 14.1 Å². The van der Waals surface area contributed by atoms with Crippen LogP contribution < -0.4 is 0 Å². The van der Waals surface area contributed by atoms with Gasteiger partial charge in [-0.1, -0.05) is 90.4 Å². The van der Waals surface area contributed by atoms with E-state index in [1.807, 2.05) is 0 Å². The van der Waals surface area contributed by atoms with Crippen LogP contribution in [0.2, 0.25) is 0 Å². The van der Waals surface area contributed by atoms with E-state index in [1.165, 1.54) is 81.9 Å². The third-order valence-electron chi connectivity index (χ3n) is 5.19. The van der Waals surface area contributed by atoms with E-state index in [0.29, 0.717) is 0 Å². The minimum Gasteiger partial charge on any atom is -0.390 e. The van der Waals surface area contributed by atoms with Crippen LogP contribution in [-0.2, 0) is 9.53 Å². The third-order valence-corrected chi connectivity index (χ3v) is 5.19. The number of carbonyl (C=O) groups is 1. The molecule has 4 nitrogen and oxygen atoms in total. The molecular weight excluding hydrogens is 314 g/mol. The van der Waals surface area contributed by atoms with Gasteiger partial charge in [-0.05, 0) is 6.42 Å². The highest BCUT2D eigenvalue weighted by atomic mass is 16.6. The van der Waals surface area contributed by atoms with Crippen LogP contribution >= 0.6 is 0 Å². The first kappa shape index (κ1) is 22.4. The topological polar surface area (TPSA) is 53.1 Å². The molecule has 0 bridgehead atoms. The first-order valence-corrected chi connectivity index (χ1v) is 10.6. The van der Waals surface area contributed by atoms with Crippen LogP contribution in [0, 0.1) is 0 Å². The number of nitrogens with zero attached hydrogens (tertiary/aromatic N) is 1. The second-order valence-electron chi connectivity index (χ2n) is 7.85. The molecule has 1 unspecified atom stereocenters. The second kappa shape index (κ2) is 13.6. The predicted octanol–water partition coefficient (Wildman–Crippen LogP) is 4.68. The van der Waals surface area contributed by atoms with Gasteiger partial charge in [0.1, 0.15) is 6.10 Å². The van der Waals surface area contributed by atoms with Gasteiger partial charge < -0.3 is 14.7 Å². The molecule has 148 valence electrons. The lowest BCUT2D eigenvalue weighted by molar-refractivity contribution is -0.130. The zero-order valence-corrected chi connectivity index (χ0v) is 16.8. The van der Waals surface area contributed by atoms with Crippen molar-refractivity contribution in [3.63, 3.8) is 0 Å². The summed E-state index contributed by atoms with van der Waals surface area (Å²) in [5, 5.41) is 10.1. The fourth-order valence-electron chi connectivity index (χ4n) is 3.41. The molecule has 1 fully saturated rings. The Bertz CT molecular complexity index is 346. The number of aliphatic hydroxyl groups excluding tert-OH is 1. The lowest BCUT2D eigenvalue weighted by atomic mass is 10.0. The number of unbranched alkanes of at least 4 members (excludes halogenated alkanes) is 12. The van der Waals surface area contributed by atoms with Crippen LogP contribution in [0.15, 0.2) is 0 Å². The Morgan fingerprint density at radius 1 is 0.880 bits per heavy atom. The maximum atomic E-state index is 11.7. The van der Waals surface area contributed by atoms with Crippen LogP contribution in [0.4, 0.5) is 0 Å². The van der Waals surface area contributed by atoms with Gasteiger partial charge in [-0.15, -0.1) is 0 Å². The van der Waals surface area contributed by atoms with E-state index in [2.05, 4.69) is 6.92 Å². The lowest BCUT2D eigenvalue weighted by Crippen LogP contribution is -2.30. The number of hydrogen-bond acceptors (Lipinski definition) is 3. The van der Waals surface area contributed by atoms with Crippen molar-refractivity contribution in [2.75, 3.05) is 14.1 Å². The van der Waals surface area contributed by atoms with Gasteiger partial charge >= 0.3 is 0 Å². The van der Waals surface area contributed by atoms with Crippen LogP contribution in [0.5, 0.6) is 0 Å². The summed E-state index contributed by atoms with van der Waals surface area (Å²) in [5.41, 5.74) is 0. The molecule has 25 heavy (non-hydrogen) atoms. The molecule has 0 spiro atoms. The average Bonchev–Trinajstić information content (AvgIpc) is 3.38. The number of aliphatic hydroxyl groups is 1. The maximum absolute atomic E-state index is 11.7. The van der Waals surface area contributed by atoms with Gasteiger partial charge in [-0.25, -0.2) is 0 Å². The minimum absolute atomic E-state index is 0.0330. The van der Waals surface area contributed by atoms with Crippen molar-refractivity contribution < 1.29 is 14.6 Å². The number of ether oxygens (including phenoxy) is 1. The molecule has 0 aromatic carbocycles. The van der Waals surface area contributed by atoms with Crippen LogP contribution in [0.1, 0.15) is 96.8 Å². The van der Waals surface area contributed by atoms with Gasteiger partial charge in [-0.2, -0.15) is 0 Å². The van der Waals surface area contributed by atoms with E-state index in [9.17, 15) is 9.90 Å². The quantitative estimate of drug-likeness (QED) is 0.323. The zero-order chi connectivity index (χ0) is 18.5. The van der Waals surface area contributed by atoms with E-state index >= 15 is 0 Å². The van der Waals surface area contributed by atoms with Crippen molar-refractivity contribution in [3.05, 3.63) is 0 Å². The summed E-state index contributed by atoms with van der Waals surface area (Å²) in [7, 11) is 3.44. The third kappa shape index (κ3) is 10.2. The van der Waals surface area contributed by atoms with Crippen molar-refractivity contribution in [1.82, 2.24) is 4.90 Å². The van der Waals surface area contributed by atoms with Gasteiger partial charge in [0.2, 0.25) is 0 Å². The normalized spacial score (nSPS) is 20.5. The van der Waals surface area contributed by atoms with Gasteiger partial charge in [-0.3, -0.25) is 4.79 Å². The van der Waals surface area contributed by atoms with Crippen LogP contribution in [-0.4, -0.2) is 48.3 Å². The van der Waals surface area contributed by atoms with Gasteiger partial charge in [0.05, 0.1) is 6.10 Å². The largest absolute Gasteiger partial charge is 0.390 e. The summed E-state index contributed by atoms with van der Waals surface area (Å²) in [5.74, 6) is -0.0330. The summed E-state index contributed by atoms with van der Waals surface area (Å²) in [6.45, 7) is 2.27. The number of likely N-dealkylation sites (N-methyl/N-ethyl adjacent to an activating group) is 1. The number of amides is 1. The van der Waals surface area contributed by atoms with Crippen molar-refractivity contribution in [1.29, 1.82) is 0 Å². The van der Waals surface area contributed by atoms with Gasteiger partial charge in [0.15, 0.2) is 6.10 Å². The molecule has 4 heteroatoms. The molecular formula is C21H41NO3. The van der Waals surface area contributed by atoms with E-state index < -0.39 is 12.2 Å². The predicted molar refractivity (Wildman–Crippen MR) is 104 cm³/mol. The monoisotopic (exact) mass is 355 g/mol. The molecule has 1 saturated heterocycles. The molecule has 3 atom stereocenters. The molecule has 1 N–H and O–H groups in total. The molecule has 1 aliphatic rings. The van der Waals surface area contributed by atoms with E-state index in [4.69, 9.17) is 4.74 Å². The Labute approximate surface area is 155 Å². The minimum atomic E-state index is -0.485. The van der Waals surface area contributed by atoms with Gasteiger partial charge in [0, 0.05) is 14.1 Å². The van der Waals surface area contributed by atoms with Crippen molar-refractivity contribution in [2.24, 2.45) is 0 Å². The highest BCUT2D eigenvalue weighted by molar-refractivity contribution is 5.83. The number of hydrogen-bond donors (Lipinski definition) is 1. The Balaban J connectivity index is 1.83. The molecule has 1 aliphatic heterocycles. The van der Waals surface area contributed by atoms with Crippen LogP contribution in [0.3, 0.4) is 0 Å². The number of carbonyl (C=O) groups excluding carboxylic acids is 1. The standard InChI is InChI=1S/C21H41NO3/c1-4-5-6-7-8-9-10-11-12-13-14-15-16-17-18(23)19-20(25-19)21(24)22(2)3/h18-20,23H,4-17H2,1-3H3/t18?,19-,20-/m1/s1. The SMILES string of the molecule is CCCCCCCCCCCCCCCC(O)[C@H]1O[C@H]1C(=O)N(C)C. The molecule has 1 heterocycles. The average molecular weight is 356 g/mol. The highest BCUT2D eigenvalue weighted by Crippen LogP contribution is 2.29. The van der Waals surface area contributed by atoms with Crippen molar-refractivity contribution in [2.45, 2.75) is 115 Å². The van der Waals surface area contributed by atoms with E-state index in [0.717, 1.165) is 12.8 Å². The maximum Gasteiger partial charge on any atom is 0.254 e. The fraction of sp³-hybridized carbons (Fsp3) is 0.952. The Morgan fingerprint density at radius 3 is 1.76 bits per heavy atom.